The number of hydrogen-bond acceptors (Lipinski definition) is 4. The Kier molecular flexibility index (Phi) is 7.02. The molecule has 2 aromatic carbocycles. The van der Waals surface area contributed by atoms with Crippen molar-refractivity contribution in [2.24, 2.45) is 5.92 Å². The fraction of sp³-hybridized carbons (Fsp3) is 0.435. The standard InChI is InChI=1S/C23H30N2O4S/c1-17-12-14-19(15-13-17)30(27,28)25(21-10-6-7-11-22(21)29-3)16-23(26)24-20-9-5-4-8-18(20)2/h6-7,10-15,18,20H,4-5,8-9,16H2,1-3H3,(H,24,26)/t18-,20+/m1/s1. The Labute approximate surface area is 179 Å². The Hall–Kier alpha value is -2.54. The van der Waals surface area contributed by atoms with E-state index in [4.69, 9.17) is 4.74 Å². The van der Waals surface area contributed by atoms with Gasteiger partial charge in [-0.25, -0.2) is 8.42 Å². The first kappa shape index (κ1) is 22.2. The third-order valence-corrected chi connectivity index (χ3v) is 7.48. The van der Waals surface area contributed by atoms with E-state index in [-0.39, 0.29) is 23.4 Å². The summed E-state index contributed by atoms with van der Waals surface area (Å²) < 4.78 is 33.5. The van der Waals surface area contributed by atoms with Crippen LogP contribution in [0.4, 0.5) is 5.69 Å². The quantitative estimate of drug-likeness (QED) is 0.723. The van der Waals surface area contributed by atoms with Crippen molar-refractivity contribution in [3.63, 3.8) is 0 Å². The maximum atomic E-state index is 13.5. The first-order valence-corrected chi connectivity index (χ1v) is 11.8. The number of hydrogen-bond donors (Lipinski definition) is 1. The molecule has 30 heavy (non-hydrogen) atoms. The lowest BCUT2D eigenvalue weighted by Crippen LogP contribution is -2.47. The van der Waals surface area contributed by atoms with Crippen LogP contribution in [-0.2, 0) is 14.8 Å². The van der Waals surface area contributed by atoms with Crippen molar-refractivity contribution in [1.82, 2.24) is 5.32 Å². The Morgan fingerprint density at radius 1 is 1.10 bits per heavy atom. The molecule has 1 amide bonds. The van der Waals surface area contributed by atoms with Crippen LogP contribution in [0.3, 0.4) is 0 Å². The van der Waals surface area contributed by atoms with Crippen molar-refractivity contribution in [3.8, 4) is 5.75 Å². The predicted molar refractivity (Wildman–Crippen MR) is 118 cm³/mol. The number of ether oxygens (including phenoxy) is 1. The van der Waals surface area contributed by atoms with Gasteiger partial charge in [0.05, 0.1) is 17.7 Å². The molecule has 6 nitrogen and oxygen atoms in total. The summed E-state index contributed by atoms with van der Waals surface area (Å²) in [6.07, 6.45) is 4.24. The first-order chi connectivity index (χ1) is 14.3. The number of methoxy groups -OCH3 is 1. The maximum Gasteiger partial charge on any atom is 0.264 e. The molecule has 0 radical (unpaired) electrons. The van der Waals surface area contributed by atoms with E-state index in [1.165, 1.54) is 13.5 Å². The van der Waals surface area contributed by atoms with Gasteiger partial charge in [-0.2, -0.15) is 0 Å². The van der Waals surface area contributed by atoms with Crippen LogP contribution in [0.25, 0.3) is 0 Å². The molecule has 0 unspecified atom stereocenters. The number of para-hydroxylation sites is 2. The zero-order valence-electron chi connectivity index (χ0n) is 17.8. The van der Waals surface area contributed by atoms with Crippen LogP contribution in [0.5, 0.6) is 5.75 Å². The summed E-state index contributed by atoms with van der Waals surface area (Å²) in [6.45, 7) is 3.72. The molecule has 0 aromatic heterocycles. The average molecular weight is 431 g/mol. The molecule has 2 atom stereocenters. The molecule has 1 aliphatic carbocycles. The molecule has 0 saturated heterocycles. The number of carbonyl (C=O) groups excluding carboxylic acids is 1. The predicted octanol–water partition coefficient (Wildman–Crippen LogP) is 3.89. The van der Waals surface area contributed by atoms with E-state index in [1.54, 1.807) is 48.5 Å². The maximum absolute atomic E-state index is 13.5. The fourth-order valence-corrected chi connectivity index (χ4v) is 5.32. The summed E-state index contributed by atoms with van der Waals surface area (Å²) in [5.74, 6) is 0.471. The molecule has 2 aromatic rings. The Balaban J connectivity index is 1.93. The van der Waals surface area contributed by atoms with Gasteiger partial charge in [-0.15, -0.1) is 0 Å². The Morgan fingerprint density at radius 2 is 1.77 bits per heavy atom. The minimum atomic E-state index is -3.96. The Bertz CT molecular complexity index is 973. The Morgan fingerprint density at radius 3 is 2.43 bits per heavy atom. The van der Waals surface area contributed by atoms with Gasteiger partial charge in [0.1, 0.15) is 12.3 Å². The highest BCUT2D eigenvalue weighted by molar-refractivity contribution is 7.92. The van der Waals surface area contributed by atoms with Gasteiger partial charge in [0, 0.05) is 6.04 Å². The number of rotatable bonds is 7. The summed E-state index contributed by atoms with van der Waals surface area (Å²) in [5.41, 5.74) is 1.30. The third-order valence-electron chi connectivity index (χ3n) is 5.71. The summed E-state index contributed by atoms with van der Waals surface area (Å²) in [5, 5.41) is 3.05. The molecule has 3 rings (SSSR count). The second-order valence-corrected chi connectivity index (χ2v) is 9.79. The smallest absolute Gasteiger partial charge is 0.264 e. The van der Waals surface area contributed by atoms with Gasteiger partial charge in [-0.3, -0.25) is 9.10 Å². The largest absolute Gasteiger partial charge is 0.495 e. The normalized spacial score (nSPS) is 19.2. The number of nitrogens with zero attached hydrogens (tertiary/aromatic N) is 1. The molecular weight excluding hydrogens is 400 g/mol. The average Bonchev–Trinajstić information content (AvgIpc) is 2.74. The van der Waals surface area contributed by atoms with E-state index < -0.39 is 10.0 Å². The highest BCUT2D eigenvalue weighted by Crippen LogP contribution is 2.32. The number of anilines is 1. The van der Waals surface area contributed by atoms with Crippen molar-refractivity contribution < 1.29 is 17.9 Å². The van der Waals surface area contributed by atoms with E-state index in [0.717, 1.165) is 29.1 Å². The van der Waals surface area contributed by atoms with Crippen molar-refractivity contribution >= 4 is 21.6 Å². The van der Waals surface area contributed by atoms with Crippen molar-refractivity contribution in [2.45, 2.75) is 50.5 Å². The van der Waals surface area contributed by atoms with E-state index in [9.17, 15) is 13.2 Å². The minimum Gasteiger partial charge on any atom is -0.495 e. The molecule has 1 N–H and O–H groups in total. The van der Waals surface area contributed by atoms with Crippen LogP contribution in [0, 0.1) is 12.8 Å². The lowest BCUT2D eigenvalue weighted by molar-refractivity contribution is -0.120. The molecule has 162 valence electrons. The highest BCUT2D eigenvalue weighted by Gasteiger charge is 2.31. The molecule has 1 fully saturated rings. The fourth-order valence-electron chi connectivity index (χ4n) is 3.89. The van der Waals surface area contributed by atoms with Crippen LogP contribution >= 0.6 is 0 Å². The second kappa shape index (κ2) is 9.51. The van der Waals surface area contributed by atoms with Crippen LogP contribution in [0.1, 0.15) is 38.2 Å². The monoisotopic (exact) mass is 430 g/mol. The summed E-state index contributed by atoms with van der Waals surface area (Å²) >= 11 is 0. The third kappa shape index (κ3) is 4.95. The van der Waals surface area contributed by atoms with Crippen LogP contribution in [0.15, 0.2) is 53.4 Å². The molecule has 0 spiro atoms. The van der Waals surface area contributed by atoms with E-state index in [1.807, 2.05) is 6.92 Å². The van der Waals surface area contributed by atoms with Crippen molar-refractivity contribution in [3.05, 3.63) is 54.1 Å². The minimum absolute atomic E-state index is 0.0767. The van der Waals surface area contributed by atoms with Gasteiger partial charge < -0.3 is 10.1 Å². The van der Waals surface area contributed by atoms with Crippen molar-refractivity contribution in [2.75, 3.05) is 18.0 Å². The molecule has 7 heteroatoms. The number of carbonyl (C=O) groups is 1. The van der Waals surface area contributed by atoms with Crippen LogP contribution in [0.2, 0.25) is 0 Å². The summed E-state index contributed by atoms with van der Waals surface area (Å²) in [4.78, 5) is 13.1. The SMILES string of the molecule is COc1ccccc1N(CC(=O)N[C@H]1CCCC[C@H]1C)S(=O)(=O)c1ccc(C)cc1. The van der Waals surface area contributed by atoms with Gasteiger partial charge in [-0.1, -0.05) is 49.6 Å². The number of benzene rings is 2. The summed E-state index contributed by atoms with van der Waals surface area (Å²) in [7, 11) is -2.47. The van der Waals surface area contributed by atoms with E-state index >= 15 is 0 Å². The van der Waals surface area contributed by atoms with Gasteiger partial charge in [-0.05, 0) is 49.9 Å². The van der Waals surface area contributed by atoms with Gasteiger partial charge in [0.2, 0.25) is 5.91 Å². The number of sulfonamides is 1. The van der Waals surface area contributed by atoms with Gasteiger partial charge in [0.25, 0.3) is 10.0 Å². The number of amides is 1. The highest BCUT2D eigenvalue weighted by atomic mass is 32.2. The zero-order chi connectivity index (χ0) is 21.7. The zero-order valence-corrected chi connectivity index (χ0v) is 18.6. The molecule has 1 aliphatic rings. The second-order valence-electron chi connectivity index (χ2n) is 7.93. The van der Waals surface area contributed by atoms with Gasteiger partial charge >= 0.3 is 0 Å². The molecular formula is C23H30N2O4S. The van der Waals surface area contributed by atoms with Gasteiger partial charge in [0.15, 0.2) is 0 Å². The molecule has 0 bridgehead atoms. The molecule has 0 heterocycles. The van der Waals surface area contributed by atoms with Crippen LogP contribution in [-0.4, -0.2) is 34.0 Å². The summed E-state index contributed by atoms with van der Waals surface area (Å²) in [6, 6.07) is 13.5. The molecule has 1 saturated carbocycles. The topological polar surface area (TPSA) is 75.7 Å². The number of aryl methyl sites for hydroxylation is 1. The lowest BCUT2D eigenvalue weighted by Gasteiger charge is -2.31. The number of nitrogens with one attached hydrogen (secondary N) is 1. The van der Waals surface area contributed by atoms with Crippen LogP contribution < -0.4 is 14.4 Å². The lowest BCUT2D eigenvalue weighted by atomic mass is 9.86. The first-order valence-electron chi connectivity index (χ1n) is 10.3. The van der Waals surface area contributed by atoms with E-state index in [2.05, 4.69) is 12.2 Å². The van der Waals surface area contributed by atoms with E-state index in [0.29, 0.717) is 17.4 Å². The molecule has 0 aliphatic heterocycles. The van der Waals surface area contributed by atoms with Crippen molar-refractivity contribution in [1.29, 1.82) is 0 Å².